The van der Waals surface area contributed by atoms with Gasteiger partial charge in [-0.3, -0.25) is 4.79 Å². The van der Waals surface area contributed by atoms with Crippen LogP contribution in [0.4, 0.5) is 0 Å². The molecule has 1 amide bonds. The first-order valence-corrected chi connectivity index (χ1v) is 5.95. The highest BCUT2D eigenvalue weighted by atomic mass is 16.4. The lowest BCUT2D eigenvalue weighted by Crippen LogP contribution is -2.30. The topological polar surface area (TPSA) is 70.5 Å². The van der Waals surface area contributed by atoms with Gasteiger partial charge in [0.05, 0.1) is 0 Å². The number of aromatic nitrogens is 1. The lowest BCUT2D eigenvalue weighted by atomic mass is 10.2. The van der Waals surface area contributed by atoms with Crippen molar-refractivity contribution in [3.05, 3.63) is 29.6 Å². The van der Waals surface area contributed by atoms with E-state index in [0.29, 0.717) is 18.4 Å². The SMILES string of the molecule is CC1CC1CN(C)C(=O)c1cccc(C(=O)O)n1. The van der Waals surface area contributed by atoms with Gasteiger partial charge in [-0.1, -0.05) is 13.0 Å². The van der Waals surface area contributed by atoms with Crippen molar-refractivity contribution in [1.82, 2.24) is 9.88 Å². The fraction of sp³-hybridized carbons (Fsp3) is 0.462. The van der Waals surface area contributed by atoms with Crippen LogP contribution in [-0.2, 0) is 0 Å². The predicted molar refractivity (Wildman–Crippen MR) is 65.4 cm³/mol. The second kappa shape index (κ2) is 4.76. The number of hydrogen-bond donors (Lipinski definition) is 1. The van der Waals surface area contributed by atoms with Gasteiger partial charge in [0.2, 0.25) is 0 Å². The van der Waals surface area contributed by atoms with Gasteiger partial charge in [-0.15, -0.1) is 0 Å². The van der Waals surface area contributed by atoms with Crippen LogP contribution < -0.4 is 0 Å². The third kappa shape index (κ3) is 2.67. The standard InChI is InChI=1S/C13H16N2O3/c1-8-6-9(8)7-15(2)12(16)10-4-3-5-11(14-10)13(17)18/h3-5,8-9H,6-7H2,1-2H3,(H,17,18). The van der Waals surface area contributed by atoms with Crippen LogP contribution in [0.2, 0.25) is 0 Å². The van der Waals surface area contributed by atoms with E-state index in [9.17, 15) is 9.59 Å². The molecule has 1 aromatic rings. The Labute approximate surface area is 105 Å². The third-order valence-electron chi connectivity index (χ3n) is 3.32. The molecule has 0 radical (unpaired) electrons. The first-order valence-electron chi connectivity index (χ1n) is 5.95. The van der Waals surface area contributed by atoms with Crippen molar-refractivity contribution >= 4 is 11.9 Å². The lowest BCUT2D eigenvalue weighted by Gasteiger charge is -2.16. The van der Waals surface area contributed by atoms with Gasteiger partial charge in [-0.05, 0) is 30.4 Å². The van der Waals surface area contributed by atoms with E-state index in [1.807, 2.05) is 0 Å². The fourth-order valence-electron chi connectivity index (χ4n) is 1.96. The predicted octanol–water partition coefficient (Wildman–Crippen LogP) is 1.51. The van der Waals surface area contributed by atoms with Crippen LogP contribution in [0.1, 0.15) is 34.3 Å². The van der Waals surface area contributed by atoms with E-state index < -0.39 is 5.97 Å². The Morgan fingerprint density at radius 1 is 1.44 bits per heavy atom. The first kappa shape index (κ1) is 12.5. The van der Waals surface area contributed by atoms with Crippen molar-refractivity contribution in [3.63, 3.8) is 0 Å². The molecular weight excluding hydrogens is 232 g/mol. The Morgan fingerprint density at radius 2 is 2.06 bits per heavy atom. The van der Waals surface area contributed by atoms with Crippen molar-refractivity contribution in [2.45, 2.75) is 13.3 Å². The summed E-state index contributed by atoms with van der Waals surface area (Å²) < 4.78 is 0. The molecule has 0 saturated heterocycles. The summed E-state index contributed by atoms with van der Waals surface area (Å²) in [4.78, 5) is 28.3. The number of amides is 1. The van der Waals surface area contributed by atoms with Crippen LogP contribution in [0, 0.1) is 11.8 Å². The number of carbonyl (C=O) groups excluding carboxylic acids is 1. The van der Waals surface area contributed by atoms with E-state index in [1.54, 1.807) is 18.0 Å². The number of hydrogen-bond acceptors (Lipinski definition) is 3. The summed E-state index contributed by atoms with van der Waals surface area (Å²) in [5.74, 6) is -0.0968. The maximum atomic E-state index is 12.1. The quantitative estimate of drug-likeness (QED) is 0.876. The summed E-state index contributed by atoms with van der Waals surface area (Å²) in [5.41, 5.74) is 0.0831. The molecule has 1 N–H and O–H groups in total. The van der Waals surface area contributed by atoms with Crippen molar-refractivity contribution in [1.29, 1.82) is 0 Å². The van der Waals surface area contributed by atoms with Crippen LogP contribution in [0.3, 0.4) is 0 Å². The van der Waals surface area contributed by atoms with Gasteiger partial charge < -0.3 is 10.0 Å². The molecular formula is C13H16N2O3. The molecule has 0 aromatic carbocycles. The molecule has 1 saturated carbocycles. The second-order valence-electron chi connectivity index (χ2n) is 4.87. The fourth-order valence-corrected chi connectivity index (χ4v) is 1.96. The van der Waals surface area contributed by atoms with Crippen LogP contribution >= 0.6 is 0 Å². The number of rotatable bonds is 4. The van der Waals surface area contributed by atoms with Gasteiger partial charge in [0.25, 0.3) is 5.91 Å². The van der Waals surface area contributed by atoms with Crippen LogP contribution in [0.25, 0.3) is 0 Å². The molecule has 1 fully saturated rings. The van der Waals surface area contributed by atoms with E-state index >= 15 is 0 Å². The van der Waals surface area contributed by atoms with E-state index in [2.05, 4.69) is 11.9 Å². The Bertz CT molecular complexity index is 487. The minimum atomic E-state index is -1.12. The maximum absolute atomic E-state index is 12.1. The normalized spacial score (nSPS) is 21.4. The van der Waals surface area contributed by atoms with Gasteiger partial charge in [0.1, 0.15) is 11.4 Å². The van der Waals surface area contributed by atoms with Crippen LogP contribution in [-0.4, -0.2) is 40.5 Å². The Kier molecular flexibility index (Phi) is 3.32. The molecule has 5 heteroatoms. The number of carboxylic acid groups (broad SMARTS) is 1. The zero-order valence-corrected chi connectivity index (χ0v) is 10.5. The molecule has 18 heavy (non-hydrogen) atoms. The molecule has 2 rings (SSSR count). The highest BCUT2D eigenvalue weighted by Crippen LogP contribution is 2.38. The van der Waals surface area contributed by atoms with Gasteiger partial charge >= 0.3 is 5.97 Å². The average molecular weight is 248 g/mol. The highest BCUT2D eigenvalue weighted by molar-refractivity contribution is 5.94. The summed E-state index contributed by atoms with van der Waals surface area (Å²) in [6.07, 6.45) is 1.15. The van der Waals surface area contributed by atoms with E-state index in [4.69, 9.17) is 5.11 Å². The van der Waals surface area contributed by atoms with Crippen molar-refractivity contribution in [3.8, 4) is 0 Å². The monoisotopic (exact) mass is 248 g/mol. The number of aromatic carboxylic acids is 1. The Morgan fingerprint density at radius 3 is 2.61 bits per heavy atom. The molecule has 5 nitrogen and oxygen atoms in total. The molecule has 0 aliphatic heterocycles. The molecule has 96 valence electrons. The molecule has 1 aromatic heterocycles. The molecule has 2 unspecified atom stereocenters. The molecule has 2 atom stereocenters. The summed E-state index contributed by atoms with van der Waals surface area (Å²) in [6.45, 7) is 2.87. The van der Waals surface area contributed by atoms with Crippen molar-refractivity contribution in [2.24, 2.45) is 11.8 Å². The van der Waals surface area contributed by atoms with E-state index in [0.717, 1.165) is 6.42 Å². The number of pyridine rings is 1. The summed E-state index contributed by atoms with van der Waals surface area (Å²) in [7, 11) is 1.72. The molecule has 1 aliphatic carbocycles. The smallest absolute Gasteiger partial charge is 0.354 e. The summed E-state index contributed by atoms with van der Waals surface area (Å²) in [5, 5.41) is 8.83. The Balaban J connectivity index is 2.07. The van der Waals surface area contributed by atoms with Crippen LogP contribution in [0.5, 0.6) is 0 Å². The average Bonchev–Trinajstić information content (AvgIpc) is 3.04. The van der Waals surface area contributed by atoms with Gasteiger partial charge in [0, 0.05) is 13.6 Å². The summed E-state index contributed by atoms with van der Waals surface area (Å²) in [6, 6.07) is 4.46. The molecule has 0 bridgehead atoms. The van der Waals surface area contributed by atoms with Gasteiger partial charge in [0.15, 0.2) is 0 Å². The summed E-state index contributed by atoms with van der Waals surface area (Å²) >= 11 is 0. The molecule has 1 heterocycles. The third-order valence-corrected chi connectivity index (χ3v) is 3.32. The molecule has 1 aliphatic rings. The molecule has 0 spiro atoms. The van der Waals surface area contributed by atoms with Crippen molar-refractivity contribution < 1.29 is 14.7 Å². The number of carbonyl (C=O) groups is 2. The van der Waals surface area contributed by atoms with E-state index in [1.165, 1.54) is 12.1 Å². The second-order valence-corrected chi connectivity index (χ2v) is 4.87. The van der Waals surface area contributed by atoms with Gasteiger partial charge in [-0.25, -0.2) is 9.78 Å². The van der Waals surface area contributed by atoms with E-state index in [-0.39, 0.29) is 17.3 Å². The van der Waals surface area contributed by atoms with Gasteiger partial charge in [-0.2, -0.15) is 0 Å². The Hall–Kier alpha value is -1.91. The van der Waals surface area contributed by atoms with Crippen LogP contribution in [0.15, 0.2) is 18.2 Å². The number of carboxylic acids is 1. The van der Waals surface area contributed by atoms with Crippen molar-refractivity contribution in [2.75, 3.05) is 13.6 Å². The zero-order valence-electron chi connectivity index (χ0n) is 10.5. The lowest BCUT2D eigenvalue weighted by molar-refractivity contribution is 0.0690. The minimum Gasteiger partial charge on any atom is -0.477 e. The largest absolute Gasteiger partial charge is 0.477 e. The highest BCUT2D eigenvalue weighted by Gasteiger charge is 2.34. The maximum Gasteiger partial charge on any atom is 0.354 e. The minimum absolute atomic E-state index is 0.103. The zero-order chi connectivity index (χ0) is 13.3. The first-order chi connectivity index (χ1) is 8.49. The number of nitrogens with zero attached hydrogens (tertiary/aromatic N) is 2.